The molecule has 0 aliphatic rings. The standard InChI is InChI=1S/C18H15NO4/c1-12-9-18(21)23-16-10-14(7-8-15(12)16)22-11-17(20)19-13-5-3-2-4-6-13/h2-10H,11H2,1H3,(H,19,20). The van der Waals surface area contributed by atoms with E-state index in [1.54, 1.807) is 30.3 Å². The molecule has 0 saturated carbocycles. The van der Waals surface area contributed by atoms with Gasteiger partial charge in [-0.05, 0) is 36.8 Å². The fourth-order valence-corrected chi connectivity index (χ4v) is 2.26. The largest absolute Gasteiger partial charge is 0.484 e. The van der Waals surface area contributed by atoms with Crippen molar-refractivity contribution < 1.29 is 13.9 Å². The fraction of sp³-hybridized carbons (Fsp3) is 0.111. The molecular weight excluding hydrogens is 294 g/mol. The molecule has 0 aliphatic heterocycles. The molecule has 1 heterocycles. The number of aryl methyl sites for hydroxylation is 1. The highest BCUT2D eigenvalue weighted by molar-refractivity contribution is 5.91. The van der Waals surface area contributed by atoms with E-state index in [0.29, 0.717) is 17.0 Å². The number of carbonyl (C=O) groups is 1. The number of nitrogens with one attached hydrogen (secondary N) is 1. The normalized spacial score (nSPS) is 10.5. The summed E-state index contributed by atoms with van der Waals surface area (Å²) in [5.74, 6) is 0.205. The second-order valence-electron chi connectivity index (χ2n) is 5.11. The van der Waals surface area contributed by atoms with Crippen LogP contribution in [0.3, 0.4) is 0 Å². The van der Waals surface area contributed by atoms with Gasteiger partial charge in [-0.1, -0.05) is 18.2 Å². The Bertz CT molecular complexity index is 900. The number of carbonyl (C=O) groups excluding carboxylic acids is 1. The first-order valence-corrected chi connectivity index (χ1v) is 7.14. The predicted molar refractivity (Wildman–Crippen MR) is 87.8 cm³/mol. The highest BCUT2D eigenvalue weighted by Gasteiger charge is 2.07. The van der Waals surface area contributed by atoms with E-state index in [0.717, 1.165) is 10.9 Å². The van der Waals surface area contributed by atoms with Crippen molar-refractivity contribution in [2.75, 3.05) is 11.9 Å². The maximum atomic E-state index is 11.8. The Kier molecular flexibility index (Phi) is 4.10. The van der Waals surface area contributed by atoms with Gasteiger partial charge in [-0.2, -0.15) is 0 Å². The van der Waals surface area contributed by atoms with Gasteiger partial charge in [0, 0.05) is 23.2 Å². The summed E-state index contributed by atoms with van der Waals surface area (Å²) in [6.45, 7) is 1.71. The molecule has 0 fully saturated rings. The van der Waals surface area contributed by atoms with Crippen molar-refractivity contribution in [3.63, 3.8) is 0 Å². The van der Waals surface area contributed by atoms with Gasteiger partial charge in [0.05, 0.1) is 0 Å². The smallest absolute Gasteiger partial charge is 0.336 e. The summed E-state index contributed by atoms with van der Waals surface area (Å²) in [5, 5.41) is 3.57. The summed E-state index contributed by atoms with van der Waals surface area (Å²) in [4.78, 5) is 23.3. The van der Waals surface area contributed by atoms with Crippen molar-refractivity contribution in [2.45, 2.75) is 6.92 Å². The molecule has 0 spiro atoms. The van der Waals surface area contributed by atoms with E-state index in [2.05, 4.69) is 5.32 Å². The Morgan fingerprint density at radius 1 is 1.13 bits per heavy atom. The fourth-order valence-electron chi connectivity index (χ4n) is 2.26. The summed E-state index contributed by atoms with van der Waals surface area (Å²) in [6, 6.07) is 15.7. The summed E-state index contributed by atoms with van der Waals surface area (Å²) >= 11 is 0. The molecule has 1 N–H and O–H groups in total. The lowest BCUT2D eigenvalue weighted by Crippen LogP contribution is -2.20. The zero-order valence-corrected chi connectivity index (χ0v) is 12.5. The molecule has 5 heteroatoms. The first-order chi connectivity index (χ1) is 11.1. The molecule has 0 atom stereocenters. The van der Waals surface area contributed by atoms with Gasteiger partial charge in [0.2, 0.25) is 0 Å². The lowest BCUT2D eigenvalue weighted by Gasteiger charge is -2.08. The Morgan fingerprint density at radius 3 is 2.70 bits per heavy atom. The molecule has 0 aliphatic carbocycles. The Morgan fingerprint density at radius 2 is 1.91 bits per heavy atom. The highest BCUT2D eigenvalue weighted by atomic mass is 16.5. The summed E-state index contributed by atoms with van der Waals surface area (Å²) in [7, 11) is 0. The van der Waals surface area contributed by atoms with Gasteiger partial charge in [-0.15, -0.1) is 0 Å². The van der Waals surface area contributed by atoms with Crippen LogP contribution >= 0.6 is 0 Å². The third kappa shape index (κ3) is 3.58. The molecule has 1 aromatic heterocycles. The molecule has 116 valence electrons. The third-order valence-electron chi connectivity index (χ3n) is 3.35. The topological polar surface area (TPSA) is 68.5 Å². The van der Waals surface area contributed by atoms with E-state index >= 15 is 0 Å². The number of amides is 1. The van der Waals surface area contributed by atoms with Crippen molar-refractivity contribution in [2.24, 2.45) is 0 Å². The van der Waals surface area contributed by atoms with Crippen LogP contribution in [-0.2, 0) is 4.79 Å². The molecule has 1 amide bonds. The van der Waals surface area contributed by atoms with Crippen LogP contribution in [0.25, 0.3) is 11.0 Å². The van der Waals surface area contributed by atoms with E-state index in [1.807, 2.05) is 25.1 Å². The molecule has 5 nitrogen and oxygen atoms in total. The van der Waals surface area contributed by atoms with Gasteiger partial charge in [0.1, 0.15) is 11.3 Å². The second kappa shape index (κ2) is 6.36. The first-order valence-electron chi connectivity index (χ1n) is 7.14. The van der Waals surface area contributed by atoms with Crippen LogP contribution in [0.15, 0.2) is 63.8 Å². The molecular formula is C18H15NO4. The van der Waals surface area contributed by atoms with Crippen molar-refractivity contribution >= 4 is 22.6 Å². The van der Waals surface area contributed by atoms with Crippen LogP contribution in [0.4, 0.5) is 5.69 Å². The van der Waals surface area contributed by atoms with Gasteiger partial charge in [-0.25, -0.2) is 4.79 Å². The lowest BCUT2D eigenvalue weighted by molar-refractivity contribution is -0.118. The highest BCUT2D eigenvalue weighted by Crippen LogP contribution is 2.22. The first kappa shape index (κ1) is 14.8. The van der Waals surface area contributed by atoms with Crippen molar-refractivity contribution in [1.29, 1.82) is 0 Å². The lowest BCUT2D eigenvalue weighted by atomic mass is 10.1. The van der Waals surface area contributed by atoms with Crippen LogP contribution in [0.1, 0.15) is 5.56 Å². The predicted octanol–water partition coefficient (Wildman–Crippen LogP) is 3.12. The molecule has 0 saturated heterocycles. The average Bonchev–Trinajstić information content (AvgIpc) is 2.53. The number of para-hydroxylation sites is 1. The van der Waals surface area contributed by atoms with Crippen LogP contribution in [0, 0.1) is 6.92 Å². The molecule has 0 unspecified atom stereocenters. The second-order valence-corrected chi connectivity index (χ2v) is 5.11. The van der Waals surface area contributed by atoms with Crippen LogP contribution < -0.4 is 15.7 Å². The van der Waals surface area contributed by atoms with Gasteiger partial charge in [-0.3, -0.25) is 4.79 Å². The van der Waals surface area contributed by atoms with Gasteiger partial charge >= 0.3 is 5.63 Å². The summed E-state index contributed by atoms with van der Waals surface area (Å²) in [5.41, 5.74) is 1.58. The van der Waals surface area contributed by atoms with Crippen molar-refractivity contribution in [3.05, 3.63) is 70.6 Å². The van der Waals surface area contributed by atoms with Crippen LogP contribution in [0.5, 0.6) is 5.75 Å². The number of anilines is 1. The number of hydrogen-bond acceptors (Lipinski definition) is 4. The van der Waals surface area contributed by atoms with Gasteiger partial charge < -0.3 is 14.5 Å². The SMILES string of the molecule is Cc1cc(=O)oc2cc(OCC(=O)Nc3ccccc3)ccc12. The summed E-state index contributed by atoms with van der Waals surface area (Å²) < 4.78 is 10.6. The summed E-state index contributed by atoms with van der Waals surface area (Å²) in [6.07, 6.45) is 0. The van der Waals surface area contributed by atoms with Crippen molar-refractivity contribution in [1.82, 2.24) is 0 Å². The van der Waals surface area contributed by atoms with Crippen LogP contribution in [0.2, 0.25) is 0 Å². The van der Waals surface area contributed by atoms with E-state index in [9.17, 15) is 9.59 Å². The van der Waals surface area contributed by atoms with E-state index in [4.69, 9.17) is 9.15 Å². The quantitative estimate of drug-likeness (QED) is 0.752. The number of benzene rings is 2. The number of rotatable bonds is 4. The Hall–Kier alpha value is -3.08. The monoisotopic (exact) mass is 309 g/mol. The number of fused-ring (bicyclic) bond motifs is 1. The molecule has 3 aromatic rings. The maximum absolute atomic E-state index is 11.8. The molecule has 0 radical (unpaired) electrons. The minimum atomic E-state index is -0.408. The van der Waals surface area contributed by atoms with E-state index in [-0.39, 0.29) is 12.5 Å². The van der Waals surface area contributed by atoms with Crippen molar-refractivity contribution in [3.8, 4) is 5.75 Å². The molecule has 0 bridgehead atoms. The Labute approximate surface area is 132 Å². The minimum Gasteiger partial charge on any atom is -0.484 e. The average molecular weight is 309 g/mol. The number of ether oxygens (including phenoxy) is 1. The Balaban J connectivity index is 1.70. The van der Waals surface area contributed by atoms with E-state index < -0.39 is 5.63 Å². The van der Waals surface area contributed by atoms with Gasteiger partial charge in [0.25, 0.3) is 5.91 Å². The third-order valence-corrected chi connectivity index (χ3v) is 3.35. The zero-order valence-electron chi connectivity index (χ0n) is 12.5. The molecule has 3 rings (SSSR count). The van der Waals surface area contributed by atoms with Crippen LogP contribution in [-0.4, -0.2) is 12.5 Å². The van der Waals surface area contributed by atoms with E-state index in [1.165, 1.54) is 6.07 Å². The zero-order chi connectivity index (χ0) is 16.2. The molecule has 2 aromatic carbocycles. The number of hydrogen-bond donors (Lipinski definition) is 1. The molecule has 23 heavy (non-hydrogen) atoms. The maximum Gasteiger partial charge on any atom is 0.336 e. The van der Waals surface area contributed by atoms with Gasteiger partial charge in [0.15, 0.2) is 6.61 Å². The minimum absolute atomic E-state index is 0.129.